The molecule has 3 nitrogen and oxygen atoms in total. The Morgan fingerprint density at radius 3 is 2.19 bits per heavy atom. The maximum Gasteiger partial charge on any atom is 0.246 e. The fraction of sp³-hybridized carbons (Fsp3) is 0.385. The zero-order valence-electron chi connectivity index (χ0n) is 9.77. The molecule has 1 heterocycles. The van der Waals surface area contributed by atoms with Gasteiger partial charge in [0.05, 0.1) is 0 Å². The van der Waals surface area contributed by atoms with Gasteiger partial charge in [0, 0.05) is 12.7 Å². The molecule has 0 spiro atoms. The molecule has 86 valence electrons. The highest BCUT2D eigenvalue weighted by Gasteiger charge is 2.38. The van der Waals surface area contributed by atoms with Gasteiger partial charge in [-0.05, 0) is 26.0 Å². The molecule has 1 aliphatic heterocycles. The summed E-state index contributed by atoms with van der Waals surface area (Å²) in [6.07, 6.45) is 3.82. The zero-order valence-corrected chi connectivity index (χ0v) is 9.77. The molecule has 1 aliphatic rings. The average Bonchev–Trinajstić information content (AvgIpc) is 2.31. The van der Waals surface area contributed by atoms with Crippen LogP contribution >= 0.6 is 0 Å². The van der Waals surface area contributed by atoms with E-state index in [4.69, 9.17) is 14.5 Å². The highest BCUT2D eigenvalue weighted by molar-refractivity contribution is 5.26. The van der Waals surface area contributed by atoms with Crippen LogP contribution < -0.4 is 0 Å². The summed E-state index contributed by atoms with van der Waals surface area (Å²) >= 11 is 0. The quantitative estimate of drug-likeness (QED) is 0.566. The van der Waals surface area contributed by atoms with E-state index in [0.29, 0.717) is 0 Å². The fourth-order valence-corrected chi connectivity index (χ4v) is 1.57. The van der Waals surface area contributed by atoms with Crippen LogP contribution in [0.25, 0.3) is 0 Å². The highest BCUT2D eigenvalue weighted by Crippen LogP contribution is 2.35. The van der Waals surface area contributed by atoms with Crippen LogP contribution in [0.15, 0.2) is 42.5 Å². The molecule has 1 aromatic carbocycles. The number of hydrogen-bond acceptors (Lipinski definition) is 3. The van der Waals surface area contributed by atoms with E-state index in [0.717, 1.165) is 5.56 Å². The van der Waals surface area contributed by atoms with Crippen molar-refractivity contribution in [3.05, 3.63) is 48.0 Å². The Kier molecular flexibility index (Phi) is 2.84. The maximum absolute atomic E-state index is 5.42. The molecule has 0 aromatic heterocycles. The van der Waals surface area contributed by atoms with Gasteiger partial charge in [-0.1, -0.05) is 30.3 Å². The third-order valence-electron chi connectivity index (χ3n) is 2.56. The Morgan fingerprint density at radius 2 is 1.69 bits per heavy atom. The molecule has 1 unspecified atom stereocenters. The maximum atomic E-state index is 5.42. The number of benzene rings is 1. The lowest BCUT2D eigenvalue weighted by Gasteiger charge is -2.36. The van der Waals surface area contributed by atoms with Crippen LogP contribution in [0.5, 0.6) is 0 Å². The second-order valence-electron chi connectivity index (χ2n) is 4.34. The molecule has 0 fully saturated rings. The van der Waals surface area contributed by atoms with Crippen LogP contribution in [0.1, 0.15) is 19.4 Å². The molecule has 3 heteroatoms. The molecule has 0 bridgehead atoms. The summed E-state index contributed by atoms with van der Waals surface area (Å²) < 4.78 is 5.42. The van der Waals surface area contributed by atoms with E-state index in [1.165, 1.54) is 0 Å². The highest BCUT2D eigenvalue weighted by atomic mass is 17.2. The molecule has 16 heavy (non-hydrogen) atoms. The van der Waals surface area contributed by atoms with Crippen molar-refractivity contribution >= 4 is 0 Å². The third-order valence-corrected chi connectivity index (χ3v) is 2.56. The van der Waals surface area contributed by atoms with Crippen molar-refractivity contribution in [3.63, 3.8) is 0 Å². The number of rotatable bonds is 2. The summed E-state index contributed by atoms with van der Waals surface area (Å²) in [5.74, 6) is -0.934. The van der Waals surface area contributed by atoms with Gasteiger partial charge >= 0.3 is 0 Å². The second-order valence-corrected chi connectivity index (χ2v) is 4.34. The molecular formula is C13H16O3. The Bertz CT molecular complexity index is 383. The fourth-order valence-electron chi connectivity index (χ4n) is 1.57. The van der Waals surface area contributed by atoms with Crippen molar-refractivity contribution in [3.8, 4) is 0 Å². The first-order chi connectivity index (χ1) is 7.58. The Hall–Kier alpha value is -1.16. The third kappa shape index (κ3) is 2.02. The lowest BCUT2D eigenvalue weighted by Crippen LogP contribution is -2.39. The normalized spacial score (nSPS) is 27.9. The molecule has 0 saturated heterocycles. The van der Waals surface area contributed by atoms with Gasteiger partial charge < -0.3 is 4.74 Å². The summed E-state index contributed by atoms with van der Waals surface area (Å²) in [5, 5.41) is 0. The Labute approximate surface area is 95.6 Å². The topological polar surface area (TPSA) is 27.7 Å². The molecule has 0 saturated carbocycles. The van der Waals surface area contributed by atoms with E-state index in [1.807, 2.05) is 56.3 Å². The van der Waals surface area contributed by atoms with Crippen LogP contribution in [0.2, 0.25) is 0 Å². The molecule has 0 radical (unpaired) electrons. The molecule has 1 aromatic rings. The molecule has 0 aliphatic carbocycles. The van der Waals surface area contributed by atoms with Gasteiger partial charge in [0.25, 0.3) is 0 Å². The Balaban J connectivity index is 2.36. The summed E-state index contributed by atoms with van der Waals surface area (Å²) in [6.45, 7) is 3.85. The first kappa shape index (κ1) is 11.3. The van der Waals surface area contributed by atoms with Crippen LogP contribution in [0, 0.1) is 0 Å². The average molecular weight is 220 g/mol. The van der Waals surface area contributed by atoms with Crippen molar-refractivity contribution < 1.29 is 14.5 Å². The van der Waals surface area contributed by atoms with Crippen molar-refractivity contribution in [2.75, 3.05) is 7.11 Å². The van der Waals surface area contributed by atoms with E-state index >= 15 is 0 Å². The van der Waals surface area contributed by atoms with Gasteiger partial charge in [-0.25, -0.2) is 4.89 Å². The molecule has 0 amide bonds. The van der Waals surface area contributed by atoms with Crippen molar-refractivity contribution in [2.45, 2.75) is 25.2 Å². The second kappa shape index (κ2) is 4.01. The predicted molar refractivity (Wildman–Crippen MR) is 60.5 cm³/mol. The van der Waals surface area contributed by atoms with Gasteiger partial charge in [-0.2, -0.15) is 4.89 Å². The van der Waals surface area contributed by atoms with Crippen LogP contribution in [-0.2, 0) is 20.3 Å². The van der Waals surface area contributed by atoms with Crippen LogP contribution in [-0.4, -0.2) is 12.7 Å². The monoisotopic (exact) mass is 220 g/mol. The van der Waals surface area contributed by atoms with Crippen molar-refractivity contribution in [2.24, 2.45) is 0 Å². The van der Waals surface area contributed by atoms with E-state index < -0.39 is 11.4 Å². The minimum atomic E-state index is -0.934. The number of ether oxygens (including phenoxy) is 1. The van der Waals surface area contributed by atoms with Gasteiger partial charge in [0.1, 0.15) is 5.60 Å². The van der Waals surface area contributed by atoms with Gasteiger partial charge in [-0.3, -0.25) is 0 Å². The molecule has 0 N–H and O–H groups in total. The van der Waals surface area contributed by atoms with Gasteiger partial charge in [-0.15, -0.1) is 0 Å². The SMILES string of the molecule is COC1(c2ccccc2)C=CC(C)(C)OO1. The van der Waals surface area contributed by atoms with Gasteiger partial charge in [0.2, 0.25) is 5.79 Å². The van der Waals surface area contributed by atoms with Crippen LogP contribution in [0.3, 0.4) is 0 Å². The summed E-state index contributed by atoms with van der Waals surface area (Å²) in [6, 6.07) is 9.70. The first-order valence-corrected chi connectivity index (χ1v) is 5.26. The number of methoxy groups -OCH3 is 1. The van der Waals surface area contributed by atoms with E-state index in [-0.39, 0.29) is 0 Å². The smallest absolute Gasteiger partial charge is 0.246 e. The minimum Gasteiger partial charge on any atom is -0.344 e. The van der Waals surface area contributed by atoms with Gasteiger partial charge in [0.15, 0.2) is 0 Å². The molecule has 2 rings (SSSR count). The first-order valence-electron chi connectivity index (χ1n) is 5.26. The van der Waals surface area contributed by atoms with E-state index in [2.05, 4.69) is 0 Å². The zero-order chi connectivity index (χ0) is 11.6. The molecular weight excluding hydrogens is 204 g/mol. The Morgan fingerprint density at radius 1 is 1.00 bits per heavy atom. The lowest BCUT2D eigenvalue weighted by molar-refractivity contribution is -0.451. The summed E-state index contributed by atoms with van der Waals surface area (Å²) in [4.78, 5) is 10.7. The summed E-state index contributed by atoms with van der Waals surface area (Å²) in [5.41, 5.74) is 0.487. The largest absolute Gasteiger partial charge is 0.344 e. The van der Waals surface area contributed by atoms with E-state index in [1.54, 1.807) is 7.11 Å². The minimum absolute atomic E-state index is 0.420. The number of hydrogen-bond donors (Lipinski definition) is 0. The lowest BCUT2D eigenvalue weighted by atomic mass is 10.0. The molecule has 1 atom stereocenters. The van der Waals surface area contributed by atoms with Crippen molar-refractivity contribution in [1.82, 2.24) is 0 Å². The van der Waals surface area contributed by atoms with Crippen LogP contribution in [0.4, 0.5) is 0 Å². The van der Waals surface area contributed by atoms with E-state index in [9.17, 15) is 0 Å². The standard InChI is InChI=1S/C13H16O3/c1-12(2)9-10-13(14-3,16-15-12)11-7-5-4-6-8-11/h4-10H,1-3H3. The predicted octanol–water partition coefficient (Wildman–Crippen LogP) is 2.78. The van der Waals surface area contributed by atoms with Crippen molar-refractivity contribution in [1.29, 1.82) is 0 Å². The summed E-state index contributed by atoms with van der Waals surface area (Å²) in [7, 11) is 1.60.